The Labute approximate surface area is 159 Å². The van der Waals surface area contributed by atoms with Crippen LogP contribution in [0.1, 0.15) is 71.1 Å². The van der Waals surface area contributed by atoms with Crippen molar-refractivity contribution in [1.82, 2.24) is 0 Å². The molecule has 0 rings (SSSR count). The molecule has 0 saturated heterocycles. The number of carbonyl (C=O) groups is 1. The molecule has 0 aromatic heterocycles. The number of rotatable bonds is 17. The SMILES string of the molecule is CCCCCC=CCC(C(O)CC(O)C(CCCCC=O)[N+](=O)[O-])[N+](=O)[O-]. The van der Waals surface area contributed by atoms with Crippen LogP contribution >= 0.6 is 0 Å². The second kappa shape index (κ2) is 15.2. The number of aliphatic hydroxyl groups excluding tert-OH is 2. The topological polar surface area (TPSA) is 144 Å². The molecule has 0 amide bonds. The Morgan fingerprint density at radius 1 is 0.889 bits per heavy atom. The Morgan fingerprint density at radius 3 is 2.04 bits per heavy atom. The predicted molar refractivity (Wildman–Crippen MR) is 101 cm³/mol. The Kier molecular flexibility index (Phi) is 14.2. The highest BCUT2D eigenvalue weighted by atomic mass is 16.6. The van der Waals surface area contributed by atoms with E-state index in [0.717, 1.165) is 32.0 Å². The number of aliphatic hydroxyl groups is 2. The third-order valence-corrected chi connectivity index (χ3v) is 4.50. The molecule has 9 heteroatoms. The lowest BCUT2D eigenvalue weighted by atomic mass is 9.95. The molecule has 0 aromatic rings. The molecule has 0 aliphatic rings. The first-order chi connectivity index (χ1) is 12.8. The molecule has 0 fully saturated rings. The molecule has 2 N–H and O–H groups in total. The van der Waals surface area contributed by atoms with Gasteiger partial charge >= 0.3 is 0 Å². The molecule has 0 bridgehead atoms. The number of hydrogen-bond donors (Lipinski definition) is 2. The van der Waals surface area contributed by atoms with Crippen molar-refractivity contribution in [1.29, 1.82) is 0 Å². The number of allylic oxidation sites excluding steroid dienone is 1. The smallest absolute Gasteiger partial charge is 0.242 e. The first-order valence-corrected chi connectivity index (χ1v) is 9.56. The fourth-order valence-electron chi connectivity index (χ4n) is 2.83. The van der Waals surface area contributed by atoms with Gasteiger partial charge in [-0.15, -0.1) is 0 Å². The van der Waals surface area contributed by atoms with Crippen LogP contribution in [-0.4, -0.2) is 50.6 Å². The van der Waals surface area contributed by atoms with E-state index in [1.165, 1.54) is 0 Å². The average molecular weight is 388 g/mol. The zero-order chi connectivity index (χ0) is 20.7. The van der Waals surface area contributed by atoms with Gasteiger partial charge in [0, 0.05) is 35.5 Å². The number of unbranched alkanes of at least 4 members (excludes halogenated alkanes) is 5. The summed E-state index contributed by atoms with van der Waals surface area (Å²) in [6, 6.07) is -2.63. The minimum absolute atomic E-state index is 0.00940. The van der Waals surface area contributed by atoms with Crippen LogP contribution in [-0.2, 0) is 4.79 Å². The van der Waals surface area contributed by atoms with Crippen molar-refractivity contribution >= 4 is 6.29 Å². The second-order valence-corrected chi connectivity index (χ2v) is 6.73. The predicted octanol–water partition coefficient (Wildman–Crippen LogP) is 2.67. The summed E-state index contributed by atoms with van der Waals surface area (Å²) in [6.45, 7) is 2.08. The zero-order valence-corrected chi connectivity index (χ0v) is 15.9. The van der Waals surface area contributed by atoms with Crippen molar-refractivity contribution in [2.45, 2.75) is 95.4 Å². The van der Waals surface area contributed by atoms with Gasteiger partial charge in [0.2, 0.25) is 12.1 Å². The Balaban J connectivity index is 4.63. The van der Waals surface area contributed by atoms with Gasteiger partial charge in [-0.3, -0.25) is 20.2 Å². The maximum Gasteiger partial charge on any atom is 0.242 e. The molecule has 156 valence electrons. The van der Waals surface area contributed by atoms with Gasteiger partial charge in [0.1, 0.15) is 18.5 Å². The van der Waals surface area contributed by atoms with Gasteiger partial charge in [-0.1, -0.05) is 31.9 Å². The lowest BCUT2D eigenvalue weighted by Crippen LogP contribution is -2.41. The van der Waals surface area contributed by atoms with Crippen molar-refractivity contribution in [3.05, 3.63) is 32.4 Å². The fraction of sp³-hybridized carbons (Fsp3) is 0.833. The highest BCUT2D eigenvalue weighted by molar-refractivity contribution is 5.48. The lowest BCUT2D eigenvalue weighted by molar-refractivity contribution is -0.543. The summed E-state index contributed by atoms with van der Waals surface area (Å²) in [4.78, 5) is 31.4. The van der Waals surface area contributed by atoms with Crippen molar-refractivity contribution in [3.8, 4) is 0 Å². The van der Waals surface area contributed by atoms with E-state index in [-0.39, 0.29) is 19.3 Å². The molecule has 0 saturated carbocycles. The van der Waals surface area contributed by atoms with E-state index < -0.39 is 40.6 Å². The van der Waals surface area contributed by atoms with Crippen LogP contribution in [0.2, 0.25) is 0 Å². The maximum absolute atomic E-state index is 11.2. The standard InChI is InChI=1S/C18H32N2O7/c1-2-3-4-5-6-8-11-15(19(24)25)17(22)14-18(23)16(20(26)27)12-9-7-10-13-21/h6,8,13,15-18,22-23H,2-5,7,9-12,14H2,1H3. The van der Waals surface area contributed by atoms with Crippen LogP contribution < -0.4 is 0 Å². The maximum atomic E-state index is 11.2. The molecular weight excluding hydrogens is 356 g/mol. The number of nitro groups is 2. The summed E-state index contributed by atoms with van der Waals surface area (Å²) in [5, 5.41) is 42.6. The van der Waals surface area contributed by atoms with Gasteiger partial charge in [-0.2, -0.15) is 0 Å². The Morgan fingerprint density at radius 2 is 1.48 bits per heavy atom. The number of nitrogens with zero attached hydrogens (tertiary/aromatic N) is 2. The summed E-state index contributed by atoms with van der Waals surface area (Å²) < 4.78 is 0. The minimum Gasteiger partial charge on any atom is -0.386 e. The van der Waals surface area contributed by atoms with Crippen LogP contribution in [0.15, 0.2) is 12.2 Å². The molecule has 27 heavy (non-hydrogen) atoms. The van der Waals surface area contributed by atoms with Crippen LogP contribution in [0.3, 0.4) is 0 Å². The second-order valence-electron chi connectivity index (χ2n) is 6.73. The van der Waals surface area contributed by atoms with Gasteiger partial charge in [0.25, 0.3) is 0 Å². The molecule has 4 atom stereocenters. The molecule has 0 spiro atoms. The van der Waals surface area contributed by atoms with Gasteiger partial charge < -0.3 is 15.0 Å². The third-order valence-electron chi connectivity index (χ3n) is 4.50. The molecule has 0 aliphatic heterocycles. The first kappa shape index (κ1) is 25.1. The van der Waals surface area contributed by atoms with E-state index in [2.05, 4.69) is 6.92 Å². The van der Waals surface area contributed by atoms with Crippen molar-refractivity contribution < 1.29 is 24.9 Å². The quantitative estimate of drug-likeness (QED) is 0.128. The lowest BCUT2D eigenvalue weighted by Gasteiger charge is -2.20. The van der Waals surface area contributed by atoms with Crippen molar-refractivity contribution in [2.24, 2.45) is 0 Å². The Bertz CT molecular complexity index is 471. The first-order valence-electron chi connectivity index (χ1n) is 9.56. The highest BCUT2D eigenvalue weighted by Gasteiger charge is 2.36. The fourth-order valence-corrected chi connectivity index (χ4v) is 2.83. The van der Waals surface area contributed by atoms with Crippen LogP contribution in [0.25, 0.3) is 0 Å². The van der Waals surface area contributed by atoms with Gasteiger partial charge in [-0.05, 0) is 25.7 Å². The summed E-state index contributed by atoms with van der Waals surface area (Å²) >= 11 is 0. The molecule has 0 aliphatic carbocycles. The largest absolute Gasteiger partial charge is 0.386 e. The van der Waals surface area contributed by atoms with E-state index in [9.17, 15) is 35.2 Å². The van der Waals surface area contributed by atoms with Gasteiger partial charge in [0.05, 0.1) is 0 Å². The molecule has 0 heterocycles. The molecule has 4 unspecified atom stereocenters. The normalized spacial score (nSPS) is 16.0. The molecule has 0 radical (unpaired) electrons. The summed E-state index contributed by atoms with van der Waals surface area (Å²) in [6.07, 6.45) is 5.96. The summed E-state index contributed by atoms with van der Waals surface area (Å²) in [5.41, 5.74) is 0. The minimum atomic E-state index is -1.48. The van der Waals surface area contributed by atoms with Crippen LogP contribution in [0.4, 0.5) is 0 Å². The average Bonchev–Trinajstić information content (AvgIpc) is 2.60. The summed E-state index contributed by atoms with van der Waals surface area (Å²) in [7, 11) is 0. The summed E-state index contributed by atoms with van der Waals surface area (Å²) in [5.74, 6) is 0. The third kappa shape index (κ3) is 11.4. The number of carbonyl (C=O) groups excluding carboxylic acids is 1. The molecule has 0 aromatic carbocycles. The van der Waals surface area contributed by atoms with E-state index in [1.54, 1.807) is 6.08 Å². The zero-order valence-electron chi connectivity index (χ0n) is 15.9. The van der Waals surface area contributed by atoms with E-state index >= 15 is 0 Å². The van der Waals surface area contributed by atoms with Crippen LogP contribution in [0.5, 0.6) is 0 Å². The highest BCUT2D eigenvalue weighted by Crippen LogP contribution is 2.17. The molecule has 9 nitrogen and oxygen atoms in total. The van der Waals surface area contributed by atoms with Crippen LogP contribution in [0, 0.1) is 20.2 Å². The van der Waals surface area contributed by atoms with E-state index in [1.807, 2.05) is 6.08 Å². The van der Waals surface area contributed by atoms with Gasteiger partial charge in [-0.25, -0.2) is 0 Å². The number of hydrogen-bond acceptors (Lipinski definition) is 7. The monoisotopic (exact) mass is 388 g/mol. The van der Waals surface area contributed by atoms with Gasteiger partial charge in [0.15, 0.2) is 0 Å². The van der Waals surface area contributed by atoms with Crippen molar-refractivity contribution in [3.63, 3.8) is 0 Å². The Hall–Kier alpha value is -1.87. The molecular formula is C18H32N2O7. The van der Waals surface area contributed by atoms with E-state index in [0.29, 0.717) is 12.8 Å². The number of aldehydes is 1. The van der Waals surface area contributed by atoms with Crippen molar-refractivity contribution in [2.75, 3.05) is 0 Å². The van der Waals surface area contributed by atoms with E-state index in [4.69, 9.17) is 0 Å².